The van der Waals surface area contributed by atoms with Crippen LogP contribution >= 0.6 is 11.6 Å². The molecule has 0 radical (unpaired) electrons. The Labute approximate surface area is 207 Å². The van der Waals surface area contributed by atoms with Crippen LogP contribution in [0.4, 0.5) is 13.2 Å². The van der Waals surface area contributed by atoms with Crippen molar-refractivity contribution in [2.45, 2.75) is 52.3 Å². The van der Waals surface area contributed by atoms with E-state index in [1.807, 2.05) is 0 Å². The van der Waals surface area contributed by atoms with Gasteiger partial charge in [-0.3, -0.25) is 4.79 Å². The minimum atomic E-state index is -4.67. The molecule has 3 N–H and O–H groups in total. The number of hydrogen-bond acceptors (Lipinski definition) is 5. The van der Waals surface area contributed by atoms with Gasteiger partial charge in [-0.25, -0.2) is 15.0 Å². The molecule has 0 bridgehead atoms. The molecule has 1 saturated heterocycles. The first-order chi connectivity index (χ1) is 16.5. The molecule has 0 amide bonds. The van der Waals surface area contributed by atoms with E-state index in [0.29, 0.717) is 29.5 Å². The quantitative estimate of drug-likeness (QED) is 0.292. The van der Waals surface area contributed by atoms with Crippen molar-refractivity contribution in [3.63, 3.8) is 0 Å². The van der Waals surface area contributed by atoms with Gasteiger partial charge >= 0.3 is 6.18 Å². The Morgan fingerprint density at radius 3 is 2.51 bits per heavy atom. The van der Waals surface area contributed by atoms with Gasteiger partial charge < -0.3 is 11.1 Å². The Hall–Kier alpha value is -2.78. The molecular weight excluding hydrogens is 479 g/mol. The van der Waals surface area contributed by atoms with E-state index in [4.69, 9.17) is 17.3 Å². The molecule has 188 valence electrons. The molecule has 1 aliphatic heterocycles. The molecule has 6 nitrogen and oxygen atoms in total. The first-order valence-corrected chi connectivity index (χ1v) is 11.8. The van der Waals surface area contributed by atoms with Crippen molar-refractivity contribution < 1.29 is 18.0 Å². The number of alkyl halides is 3. The average molecular weight is 508 g/mol. The number of carbonyl (C=O) groups excluding carboxylic acids is 1. The lowest BCUT2D eigenvalue weighted by molar-refractivity contribution is -0.137. The summed E-state index contributed by atoms with van der Waals surface area (Å²) in [5.41, 5.74) is 5.58. The number of piperidine rings is 1. The van der Waals surface area contributed by atoms with Gasteiger partial charge in [-0.05, 0) is 61.9 Å². The number of nitrogens with two attached hydrogens (primary N) is 1. The fraction of sp³-hybridized carbons (Fsp3) is 0.440. The summed E-state index contributed by atoms with van der Waals surface area (Å²) in [7, 11) is 0. The van der Waals surface area contributed by atoms with Gasteiger partial charge in [0.2, 0.25) is 0 Å². The van der Waals surface area contributed by atoms with Crippen LogP contribution in [-0.2, 0) is 6.18 Å². The van der Waals surface area contributed by atoms with Gasteiger partial charge in [-0.2, -0.15) is 13.2 Å². The molecular formula is C25H29ClF3N5O. The van der Waals surface area contributed by atoms with Gasteiger partial charge in [0.25, 0.3) is 0 Å². The maximum atomic E-state index is 13.4. The van der Waals surface area contributed by atoms with Crippen molar-refractivity contribution in [1.82, 2.24) is 15.3 Å². The Kier molecular flexibility index (Phi) is 8.66. The second-order valence-electron chi connectivity index (χ2n) is 9.08. The predicted molar refractivity (Wildman–Crippen MR) is 131 cm³/mol. The fourth-order valence-corrected chi connectivity index (χ4v) is 4.71. The molecule has 1 aromatic carbocycles. The fourth-order valence-electron chi connectivity index (χ4n) is 4.37. The number of rotatable bonds is 7. The summed E-state index contributed by atoms with van der Waals surface area (Å²) in [6, 6.07) is 5.03. The van der Waals surface area contributed by atoms with Crippen molar-refractivity contribution in [3.05, 3.63) is 64.2 Å². The maximum Gasteiger partial charge on any atom is 0.417 e. The highest BCUT2D eigenvalue weighted by molar-refractivity contribution is 6.34. The van der Waals surface area contributed by atoms with Gasteiger partial charge in [0.05, 0.1) is 16.4 Å². The van der Waals surface area contributed by atoms with E-state index in [1.54, 1.807) is 25.4 Å². The molecule has 3 atom stereocenters. The van der Waals surface area contributed by atoms with Crippen LogP contribution in [0.15, 0.2) is 47.2 Å². The van der Waals surface area contributed by atoms with Crippen LogP contribution < -0.4 is 11.1 Å². The van der Waals surface area contributed by atoms with Crippen molar-refractivity contribution in [1.29, 1.82) is 0 Å². The Bertz CT molecular complexity index is 1110. The Morgan fingerprint density at radius 1 is 1.23 bits per heavy atom. The number of benzene rings is 1. The third-order valence-electron chi connectivity index (χ3n) is 6.03. The van der Waals surface area contributed by atoms with Crippen LogP contribution in [-0.4, -0.2) is 34.2 Å². The van der Waals surface area contributed by atoms with Crippen LogP contribution in [0.3, 0.4) is 0 Å². The first-order valence-electron chi connectivity index (χ1n) is 11.4. The summed E-state index contributed by atoms with van der Waals surface area (Å²) in [5, 5.41) is 2.91. The zero-order valence-electron chi connectivity index (χ0n) is 19.9. The van der Waals surface area contributed by atoms with Gasteiger partial charge in [0, 0.05) is 30.4 Å². The van der Waals surface area contributed by atoms with Gasteiger partial charge in [0.1, 0.15) is 5.70 Å². The van der Waals surface area contributed by atoms with Gasteiger partial charge in [0.15, 0.2) is 11.6 Å². The van der Waals surface area contributed by atoms with Crippen LogP contribution in [0.1, 0.15) is 61.8 Å². The van der Waals surface area contributed by atoms with Crippen LogP contribution in [0, 0.1) is 11.8 Å². The standard InChI is InChI=1S/C25H29ClF3N5O/c1-14-10-15(2)20(33-13-14)11-17(23(34-16(3)30)24-31-8-5-9-32-24)12-21(35)18-6-4-7-19(22(18)26)25(27,28)29/h4-9,14-15,20,33H,10-13H2,1-3H3,(H2,30,34)/b23-17-/t14-,15?,20?/m1/s1. The topological polar surface area (TPSA) is 93.3 Å². The Balaban J connectivity index is 2.07. The number of carbonyl (C=O) groups is 1. The van der Waals surface area contributed by atoms with Gasteiger partial charge in [-0.1, -0.05) is 31.5 Å². The molecule has 2 aromatic rings. The monoisotopic (exact) mass is 507 g/mol. The van der Waals surface area contributed by atoms with E-state index >= 15 is 0 Å². The average Bonchev–Trinajstić information content (AvgIpc) is 2.78. The van der Waals surface area contributed by atoms with Crippen molar-refractivity contribution >= 4 is 28.9 Å². The van der Waals surface area contributed by atoms with E-state index in [-0.39, 0.29) is 29.7 Å². The molecule has 35 heavy (non-hydrogen) atoms. The molecule has 0 aliphatic carbocycles. The van der Waals surface area contributed by atoms with E-state index in [2.05, 4.69) is 34.1 Å². The number of aliphatic imine (C=N–C) groups is 1. The zero-order valence-corrected chi connectivity index (χ0v) is 20.6. The molecule has 3 rings (SSSR count). The summed E-state index contributed by atoms with van der Waals surface area (Å²) in [5.74, 6) is 0.799. The molecule has 0 spiro atoms. The molecule has 10 heteroatoms. The third kappa shape index (κ3) is 6.89. The number of hydrogen-bond donors (Lipinski definition) is 2. The van der Waals surface area contributed by atoms with Gasteiger partial charge in [-0.15, -0.1) is 0 Å². The van der Waals surface area contributed by atoms with E-state index in [9.17, 15) is 18.0 Å². The maximum absolute atomic E-state index is 13.4. The largest absolute Gasteiger partial charge is 0.417 e. The highest BCUT2D eigenvalue weighted by Gasteiger charge is 2.35. The molecule has 1 aromatic heterocycles. The van der Waals surface area contributed by atoms with Crippen LogP contribution in [0.25, 0.3) is 5.70 Å². The van der Waals surface area contributed by atoms with Crippen molar-refractivity contribution in [2.75, 3.05) is 6.54 Å². The third-order valence-corrected chi connectivity index (χ3v) is 6.44. The van der Waals surface area contributed by atoms with E-state index in [1.165, 1.54) is 12.1 Å². The number of nitrogens with zero attached hydrogens (tertiary/aromatic N) is 3. The molecule has 2 unspecified atom stereocenters. The second kappa shape index (κ2) is 11.3. The van der Waals surface area contributed by atoms with E-state index in [0.717, 1.165) is 19.0 Å². The minimum Gasteiger partial charge on any atom is -0.387 e. The normalized spacial score (nSPS) is 22.0. The number of aromatic nitrogens is 2. The summed E-state index contributed by atoms with van der Waals surface area (Å²) in [6.07, 6.45) is -0.332. The SMILES string of the molecule is CC(N)=N/C(=C(\CC(=O)c1cccc(C(F)(F)F)c1Cl)CC1NC[C@H](C)CC1C)c1ncccn1. The number of Topliss-reactive ketones (excluding diaryl/α,β-unsaturated/α-hetero) is 1. The van der Waals surface area contributed by atoms with Crippen molar-refractivity contribution in [2.24, 2.45) is 22.6 Å². The van der Waals surface area contributed by atoms with Crippen molar-refractivity contribution in [3.8, 4) is 0 Å². The summed E-state index contributed by atoms with van der Waals surface area (Å²) in [4.78, 5) is 26.3. The summed E-state index contributed by atoms with van der Waals surface area (Å²) in [6.45, 7) is 6.73. The lowest BCUT2D eigenvalue weighted by atomic mass is 9.82. The highest BCUT2D eigenvalue weighted by Crippen LogP contribution is 2.37. The molecule has 1 aliphatic rings. The lowest BCUT2D eigenvalue weighted by Gasteiger charge is -2.34. The zero-order chi connectivity index (χ0) is 25.8. The number of halogens is 4. The smallest absolute Gasteiger partial charge is 0.387 e. The second-order valence-corrected chi connectivity index (χ2v) is 9.46. The summed E-state index contributed by atoms with van der Waals surface area (Å²) < 4.78 is 40.1. The van der Waals surface area contributed by atoms with Crippen LogP contribution in [0.2, 0.25) is 5.02 Å². The number of amidine groups is 1. The minimum absolute atomic E-state index is 0.0398. The number of nitrogens with one attached hydrogen (secondary N) is 1. The Morgan fingerprint density at radius 2 is 1.91 bits per heavy atom. The predicted octanol–water partition coefficient (Wildman–Crippen LogP) is 5.53. The highest BCUT2D eigenvalue weighted by atomic mass is 35.5. The molecule has 1 fully saturated rings. The summed E-state index contributed by atoms with van der Waals surface area (Å²) >= 11 is 6.04. The molecule has 0 saturated carbocycles. The lowest BCUT2D eigenvalue weighted by Crippen LogP contribution is -2.44. The van der Waals surface area contributed by atoms with E-state index < -0.39 is 22.5 Å². The number of ketones is 1. The molecule has 2 heterocycles. The van der Waals surface area contributed by atoms with Crippen LogP contribution in [0.5, 0.6) is 0 Å². The first kappa shape index (κ1) is 26.8.